The number of rotatable bonds is 8. The summed E-state index contributed by atoms with van der Waals surface area (Å²) in [7, 11) is -0.464. The van der Waals surface area contributed by atoms with Crippen LogP contribution in [0.25, 0.3) is 11.8 Å². The molecule has 3 aromatic rings. The average molecular weight is 429 g/mol. The summed E-state index contributed by atoms with van der Waals surface area (Å²) in [4.78, 5) is 16.3. The van der Waals surface area contributed by atoms with E-state index in [1.807, 2.05) is 0 Å². The van der Waals surface area contributed by atoms with E-state index < -0.39 is 7.60 Å². The minimum absolute atomic E-state index is 0.140. The summed E-state index contributed by atoms with van der Waals surface area (Å²) in [5, 5.41) is 2.75. The number of nitrogens with zero attached hydrogens (tertiary/aromatic N) is 2. The predicted molar refractivity (Wildman–Crippen MR) is 113 cm³/mol. The molecule has 0 saturated heterocycles. The number of halogens is 1. The molecular formula is C21H21FN3O4P. The zero-order valence-electron chi connectivity index (χ0n) is 16.5. The van der Waals surface area contributed by atoms with Gasteiger partial charge in [0.25, 0.3) is 0 Å². The van der Waals surface area contributed by atoms with Gasteiger partial charge in [0.15, 0.2) is 0 Å². The van der Waals surface area contributed by atoms with E-state index in [2.05, 4.69) is 10.3 Å². The maximum atomic E-state index is 13.1. The standard InChI is InChI=1S/C21H21FN3O4P/c1-28-30(27,29-2)14-16-3-7-18(8-4-16)24-21(26)12-11-20-13-23-15-25(20)19-9-5-17(22)6-10-19/h3-13,15H,14H2,1-2H3,(H,24,26)/b12-11+. The lowest BCUT2D eigenvalue weighted by Crippen LogP contribution is -2.08. The van der Waals surface area contributed by atoms with Crippen molar-refractivity contribution in [3.63, 3.8) is 0 Å². The molecule has 2 aromatic carbocycles. The summed E-state index contributed by atoms with van der Waals surface area (Å²) in [6.07, 6.45) is 6.33. The maximum Gasteiger partial charge on any atom is 0.334 e. The van der Waals surface area contributed by atoms with E-state index in [9.17, 15) is 13.8 Å². The zero-order chi connectivity index (χ0) is 21.6. The Morgan fingerprint density at radius 2 is 1.80 bits per heavy atom. The molecule has 156 valence electrons. The highest BCUT2D eigenvalue weighted by Crippen LogP contribution is 2.49. The molecular weight excluding hydrogens is 408 g/mol. The number of nitrogens with one attached hydrogen (secondary N) is 1. The van der Waals surface area contributed by atoms with Gasteiger partial charge in [0.2, 0.25) is 5.91 Å². The van der Waals surface area contributed by atoms with Crippen LogP contribution >= 0.6 is 7.60 Å². The van der Waals surface area contributed by atoms with E-state index in [4.69, 9.17) is 9.05 Å². The van der Waals surface area contributed by atoms with Crippen molar-refractivity contribution in [1.82, 2.24) is 9.55 Å². The molecule has 0 atom stereocenters. The number of aromatic nitrogens is 2. The topological polar surface area (TPSA) is 82.5 Å². The van der Waals surface area contributed by atoms with Crippen LogP contribution in [-0.4, -0.2) is 29.7 Å². The van der Waals surface area contributed by atoms with Crippen LogP contribution in [0.15, 0.2) is 67.1 Å². The fourth-order valence-corrected chi connectivity index (χ4v) is 3.78. The minimum Gasteiger partial charge on any atom is -0.323 e. The Bertz CT molecular complexity index is 1070. The van der Waals surface area contributed by atoms with Crippen LogP contribution in [0.4, 0.5) is 10.1 Å². The number of carbonyl (C=O) groups excluding carboxylic acids is 1. The molecule has 0 spiro atoms. The third-order valence-electron chi connectivity index (χ3n) is 4.33. The molecule has 30 heavy (non-hydrogen) atoms. The number of carbonyl (C=O) groups is 1. The van der Waals surface area contributed by atoms with Crippen LogP contribution in [0.1, 0.15) is 11.3 Å². The second-order valence-electron chi connectivity index (χ2n) is 6.32. The molecule has 0 unspecified atom stereocenters. The van der Waals surface area contributed by atoms with Crippen molar-refractivity contribution in [2.75, 3.05) is 19.5 Å². The van der Waals surface area contributed by atoms with Gasteiger partial charge in [0.1, 0.15) is 5.82 Å². The van der Waals surface area contributed by atoms with Crippen LogP contribution in [0.5, 0.6) is 0 Å². The third kappa shape index (κ3) is 5.51. The van der Waals surface area contributed by atoms with Gasteiger partial charge in [-0.05, 0) is 48.0 Å². The Morgan fingerprint density at radius 3 is 2.43 bits per heavy atom. The molecule has 0 aliphatic carbocycles. The molecule has 0 aliphatic heterocycles. The van der Waals surface area contributed by atoms with Crippen LogP contribution in [-0.2, 0) is 24.6 Å². The summed E-state index contributed by atoms with van der Waals surface area (Å²) in [6, 6.07) is 12.9. The predicted octanol–water partition coefficient (Wildman–Crippen LogP) is 4.65. The molecule has 0 saturated carbocycles. The largest absolute Gasteiger partial charge is 0.334 e. The first-order valence-corrected chi connectivity index (χ1v) is 10.7. The highest BCUT2D eigenvalue weighted by molar-refractivity contribution is 7.52. The monoisotopic (exact) mass is 429 g/mol. The van der Waals surface area contributed by atoms with Crippen molar-refractivity contribution in [2.24, 2.45) is 0 Å². The number of hydrogen-bond acceptors (Lipinski definition) is 5. The number of hydrogen-bond donors (Lipinski definition) is 1. The van der Waals surface area contributed by atoms with E-state index in [1.165, 1.54) is 32.4 Å². The SMILES string of the molecule is COP(=O)(Cc1ccc(NC(=O)/C=C/c2cncn2-c2ccc(F)cc2)cc1)OC. The van der Waals surface area contributed by atoms with Crippen LogP contribution in [0.3, 0.4) is 0 Å². The average Bonchev–Trinajstić information content (AvgIpc) is 3.23. The Kier molecular flexibility index (Phi) is 6.95. The van der Waals surface area contributed by atoms with Gasteiger partial charge < -0.3 is 14.4 Å². The van der Waals surface area contributed by atoms with Crippen LogP contribution in [0, 0.1) is 5.82 Å². The van der Waals surface area contributed by atoms with E-state index in [1.54, 1.807) is 59.6 Å². The molecule has 0 bridgehead atoms. The first-order chi connectivity index (χ1) is 14.4. The molecule has 0 aliphatic rings. The Labute approximate surface area is 173 Å². The highest BCUT2D eigenvalue weighted by atomic mass is 31.2. The molecule has 1 amide bonds. The Morgan fingerprint density at radius 1 is 1.13 bits per heavy atom. The summed E-state index contributed by atoms with van der Waals surface area (Å²) in [5.74, 6) is -0.650. The number of anilines is 1. The van der Waals surface area contributed by atoms with Gasteiger partial charge >= 0.3 is 7.60 Å². The zero-order valence-corrected chi connectivity index (χ0v) is 17.4. The van der Waals surface area contributed by atoms with Gasteiger partial charge in [0, 0.05) is 31.7 Å². The smallest absolute Gasteiger partial charge is 0.323 e. The van der Waals surface area contributed by atoms with Crippen LogP contribution in [0.2, 0.25) is 0 Å². The molecule has 0 fully saturated rings. The van der Waals surface area contributed by atoms with E-state index in [0.29, 0.717) is 11.4 Å². The molecule has 1 aromatic heterocycles. The summed E-state index contributed by atoms with van der Waals surface area (Å²) in [6.45, 7) is 0. The van der Waals surface area contributed by atoms with Gasteiger partial charge in [0.05, 0.1) is 24.4 Å². The van der Waals surface area contributed by atoms with E-state index in [-0.39, 0.29) is 17.9 Å². The fourth-order valence-electron chi connectivity index (χ4n) is 2.71. The molecule has 7 nitrogen and oxygen atoms in total. The lowest BCUT2D eigenvalue weighted by atomic mass is 10.2. The van der Waals surface area contributed by atoms with Gasteiger partial charge in [-0.3, -0.25) is 13.9 Å². The third-order valence-corrected chi connectivity index (χ3v) is 6.20. The molecule has 3 rings (SSSR count). The van der Waals surface area contributed by atoms with Gasteiger partial charge in [-0.25, -0.2) is 9.37 Å². The van der Waals surface area contributed by atoms with Crippen molar-refractivity contribution in [3.8, 4) is 5.69 Å². The first-order valence-electron chi connectivity index (χ1n) is 8.99. The molecule has 0 radical (unpaired) electrons. The van der Waals surface area contributed by atoms with Crippen molar-refractivity contribution < 1.29 is 22.8 Å². The lowest BCUT2D eigenvalue weighted by molar-refractivity contribution is -0.111. The number of amides is 1. The van der Waals surface area contributed by atoms with Crippen molar-refractivity contribution in [1.29, 1.82) is 0 Å². The first kappa shape index (κ1) is 21.6. The van der Waals surface area contributed by atoms with Gasteiger partial charge in [-0.2, -0.15) is 0 Å². The van der Waals surface area contributed by atoms with Gasteiger partial charge in [-0.15, -0.1) is 0 Å². The summed E-state index contributed by atoms with van der Waals surface area (Å²) in [5.41, 5.74) is 2.75. The quantitative estimate of drug-likeness (QED) is 0.416. The minimum atomic E-state index is -3.14. The van der Waals surface area contributed by atoms with Gasteiger partial charge in [-0.1, -0.05) is 12.1 Å². The maximum absolute atomic E-state index is 13.1. The van der Waals surface area contributed by atoms with E-state index >= 15 is 0 Å². The number of benzene rings is 2. The normalized spacial score (nSPS) is 11.7. The Balaban J connectivity index is 1.64. The van der Waals surface area contributed by atoms with Crippen molar-refractivity contribution in [3.05, 3.63) is 84.2 Å². The second kappa shape index (κ2) is 9.63. The summed E-state index contributed by atoms with van der Waals surface area (Å²) >= 11 is 0. The van der Waals surface area contributed by atoms with Crippen molar-refractivity contribution >= 4 is 25.3 Å². The van der Waals surface area contributed by atoms with Crippen molar-refractivity contribution in [2.45, 2.75) is 6.16 Å². The molecule has 1 heterocycles. The van der Waals surface area contributed by atoms with E-state index in [0.717, 1.165) is 11.3 Å². The highest BCUT2D eigenvalue weighted by Gasteiger charge is 2.21. The number of imidazole rings is 1. The summed E-state index contributed by atoms with van der Waals surface area (Å²) < 4.78 is 36.9. The van der Waals surface area contributed by atoms with Crippen LogP contribution < -0.4 is 5.32 Å². The fraction of sp³-hybridized carbons (Fsp3) is 0.143. The lowest BCUT2D eigenvalue weighted by Gasteiger charge is -2.13. The molecule has 1 N–H and O–H groups in total. The molecule has 9 heteroatoms. The Hall–Kier alpha value is -3.06. The second-order valence-corrected chi connectivity index (χ2v) is 8.59.